The standard InChI is InChI=1S/C7H6FN3O2S/c8-5-2-1-4(10-7(9)14)3-6(5)11(12)13/h1-3H,(H3,9,10,14). The highest BCUT2D eigenvalue weighted by atomic mass is 32.1. The molecule has 0 bridgehead atoms. The maximum Gasteiger partial charge on any atom is 0.306 e. The van der Waals surface area contributed by atoms with Crippen LogP contribution in [0.4, 0.5) is 15.8 Å². The van der Waals surface area contributed by atoms with Gasteiger partial charge in [-0.2, -0.15) is 4.39 Å². The first-order chi connectivity index (χ1) is 6.50. The Morgan fingerprint density at radius 1 is 1.64 bits per heavy atom. The van der Waals surface area contributed by atoms with Crippen molar-refractivity contribution in [2.45, 2.75) is 0 Å². The van der Waals surface area contributed by atoms with Gasteiger partial charge in [-0.15, -0.1) is 0 Å². The van der Waals surface area contributed by atoms with E-state index in [0.717, 1.165) is 12.1 Å². The van der Waals surface area contributed by atoms with Crippen molar-refractivity contribution in [1.29, 1.82) is 0 Å². The fourth-order valence-electron chi connectivity index (χ4n) is 0.873. The lowest BCUT2D eigenvalue weighted by Crippen LogP contribution is -2.18. The van der Waals surface area contributed by atoms with E-state index >= 15 is 0 Å². The zero-order chi connectivity index (χ0) is 10.7. The molecule has 0 aliphatic carbocycles. The Hall–Kier alpha value is -1.76. The molecule has 0 atom stereocenters. The number of hydrogen-bond acceptors (Lipinski definition) is 3. The lowest BCUT2D eigenvalue weighted by Gasteiger charge is -2.02. The second kappa shape index (κ2) is 3.97. The molecule has 1 aromatic rings. The van der Waals surface area contributed by atoms with Crippen LogP contribution in [-0.2, 0) is 0 Å². The van der Waals surface area contributed by atoms with Gasteiger partial charge < -0.3 is 11.1 Å². The average Bonchev–Trinajstić information content (AvgIpc) is 2.07. The molecule has 0 saturated heterocycles. The first kappa shape index (κ1) is 10.3. The summed E-state index contributed by atoms with van der Waals surface area (Å²) in [4.78, 5) is 9.51. The van der Waals surface area contributed by atoms with Crippen LogP contribution in [0.1, 0.15) is 0 Å². The fourth-order valence-corrected chi connectivity index (χ4v) is 0.990. The predicted octanol–water partition coefficient (Wildman–Crippen LogP) is 1.39. The van der Waals surface area contributed by atoms with Crippen LogP contribution in [0.15, 0.2) is 18.2 Å². The van der Waals surface area contributed by atoms with Crippen LogP contribution in [0.3, 0.4) is 0 Å². The van der Waals surface area contributed by atoms with Crippen molar-refractivity contribution in [3.05, 3.63) is 34.1 Å². The Balaban J connectivity index is 3.06. The zero-order valence-corrected chi connectivity index (χ0v) is 7.68. The Morgan fingerprint density at radius 2 is 2.29 bits per heavy atom. The van der Waals surface area contributed by atoms with Gasteiger partial charge in [-0.1, -0.05) is 0 Å². The highest BCUT2D eigenvalue weighted by Gasteiger charge is 2.14. The van der Waals surface area contributed by atoms with Gasteiger partial charge in [0.25, 0.3) is 0 Å². The molecular formula is C7H6FN3O2S. The fraction of sp³-hybridized carbons (Fsp3) is 0. The summed E-state index contributed by atoms with van der Waals surface area (Å²) in [5, 5.41) is 12.8. The molecular weight excluding hydrogens is 209 g/mol. The smallest absolute Gasteiger partial charge is 0.306 e. The largest absolute Gasteiger partial charge is 0.376 e. The predicted molar refractivity (Wildman–Crippen MR) is 53.5 cm³/mol. The van der Waals surface area contributed by atoms with E-state index in [1.807, 2.05) is 0 Å². The van der Waals surface area contributed by atoms with Gasteiger partial charge in [-0.3, -0.25) is 10.1 Å². The van der Waals surface area contributed by atoms with Crippen molar-refractivity contribution < 1.29 is 9.31 Å². The first-order valence-electron chi connectivity index (χ1n) is 3.51. The van der Waals surface area contributed by atoms with E-state index in [-0.39, 0.29) is 10.8 Å². The Morgan fingerprint density at radius 3 is 2.79 bits per heavy atom. The van der Waals surface area contributed by atoms with E-state index in [9.17, 15) is 14.5 Å². The minimum atomic E-state index is -0.900. The Bertz CT molecular complexity index is 397. The normalized spacial score (nSPS) is 9.50. The monoisotopic (exact) mass is 215 g/mol. The van der Waals surface area contributed by atoms with E-state index in [1.54, 1.807) is 0 Å². The number of benzene rings is 1. The van der Waals surface area contributed by atoms with Crippen molar-refractivity contribution in [2.75, 3.05) is 5.32 Å². The number of nitro benzene ring substituents is 1. The molecule has 0 saturated carbocycles. The molecule has 0 amide bonds. The summed E-state index contributed by atoms with van der Waals surface area (Å²) < 4.78 is 12.8. The molecule has 0 aliphatic rings. The van der Waals surface area contributed by atoms with Crippen molar-refractivity contribution in [1.82, 2.24) is 0 Å². The van der Waals surface area contributed by atoms with Crippen LogP contribution >= 0.6 is 12.2 Å². The molecule has 7 heteroatoms. The van der Waals surface area contributed by atoms with E-state index in [1.165, 1.54) is 6.07 Å². The quantitative estimate of drug-likeness (QED) is 0.442. The van der Waals surface area contributed by atoms with E-state index < -0.39 is 16.4 Å². The topological polar surface area (TPSA) is 81.2 Å². The van der Waals surface area contributed by atoms with E-state index in [0.29, 0.717) is 0 Å². The zero-order valence-electron chi connectivity index (χ0n) is 6.86. The molecule has 0 spiro atoms. The van der Waals surface area contributed by atoms with Gasteiger partial charge in [-0.05, 0) is 24.4 Å². The second-order valence-corrected chi connectivity index (χ2v) is 2.85. The van der Waals surface area contributed by atoms with Crippen molar-refractivity contribution in [3.63, 3.8) is 0 Å². The number of nitrogens with one attached hydrogen (secondary N) is 1. The molecule has 74 valence electrons. The summed E-state index contributed by atoms with van der Waals surface area (Å²) in [6, 6.07) is 3.30. The van der Waals surface area contributed by atoms with Crippen LogP contribution in [0.2, 0.25) is 0 Å². The van der Waals surface area contributed by atoms with Gasteiger partial charge in [0.15, 0.2) is 5.11 Å². The summed E-state index contributed by atoms with van der Waals surface area (Å²) in [5.41, 5.74) is 4.81. The number of nitro groups is 1. The summed E-state index contributed by atoms with van der Waals surface area (Å²) in [5.74, 6) is -0.900. The molecule has 14 heavy (non-hydrogen) atoms. The minimum absolute atomic E-state index is 0.0362. The molecule has 0 aromatic heterocycles. The third kappa shape index (κ3) is 2.36. The van der Waals surface area contributed by atoms with Crippen molar-refractivity contribution >= 4 is 28.7 Å². The van der Waals surface area contributed by atoms with Gasteiger partial charge in [-0.25, -0.2) is 0 Å². The van der Waals surface area contributed by atoms with Crippen LogP contribution < -0.4 is 11.1 Å². The molecule has 1 rings (SSSR count). The molecule has 3 N–H and O–H groups in total. The van der Waals surface area contributed by atoms with Gasteiger partial charge in [0.2, 0.25) is 5.82 Å². The second-order valence-electron chi connectivity index (χ2n) is 2.41. The number of hydrogen-bond donors (Lipinski definition) is 2. The van der Waals surface area contributed by atoms with Crippen LogP contribution in [0, 0.1) is 15.9 Å². The third-order valence-corrected chi connectivity index (χ3v) is 1.51. The summed E-state index contributed by atoms with van der Waals surface area (Å²) in [6.07, 6.45) is 0. The molecule has 5 nitrogen and oxygen atoms in total. The minimum Gasteiger partial charge on any atom is -0.376 e. The van der Waals surface area contributed by atoms with Gasteiger partial charge in [0, 0.05) is 11.8 Å². The molecule has 0 radical (unpaired) electrons. The number of anilines is 1. The third-order valence-electron chi connectivity index (χ3n) is 1.41. The van der Waals surface area contributed by atoms with E-state index in [2.05, 4.69) is 17.5 Å². The lowest BCUT2D eigenvalue weighted by molar-refractivity contribution is -0.387. The maximum atomic E-state index is 12.8. The lowest BCUT2D eigenvalue weighted by atomic mass is 10.2. The van der Waals surface area contributed by atoms with E-state index in [4.69, 9.17) is 5.73 Å². The van der Waals surface area contributed by atoms with Gasteiger partial charge in [0.05, 0.1) is 4.92 Å². The van der Waals surface area contributed by atoms with Crippen LogP contribution in [0.25, 0.3) is 0 Å². The van der Waals surface area contributed by atoms with Crippen LogP contribution in [-0.4, -0.2) is 10.0 Å². The number of nitrogens with two attached hydrogens (primary N) is 1. The number of halogens is 1. The van der Waals surface area contributed by atoms with Crippen molar-refractivity contribution in [2.24, 2.45) is 5.73 Å². The van der Waals surface area contributed by atoms with Crippen LogP contribution in [0.5, 0.6) is 0 Å². The molecule has 0 aliphatic heterocycles. The SMILES string of the molecule is NC(=S)Nc1ccc(F)c([N+](=O)[O-])c1. The number of thiocarbonyl (C=S) groups is 1. The molecule has 0 heterocycles. The Kier molecular flexibility index (Phi) is 2.92. The molecule has 0 fully saturated rings. The highest BCUT2D eigenvalue weighted by Crippen LogP contribution is 2.21. The number of rotatable bonds is 2. The maximum absolute atomic E-state index is 12.8. The van der Waals surface area contributed by atoms with Gasteiger partial charge >= 0.3 is 5.69 Å². The summed E-state index contributed by atoms with van der Waals surface area (Å²) in [6.45, 7) is 0. The van der Waals surface area contributed by atoms with Gasteiger partial charge in [0.1, 0.15) is 0 Å². The molecule has 1 aromatic carbocycles. The highest BCUT2D eigenvalue weighted by molar-refractivity contribution is 7.80. The number of nitrogens with zero attached hydrogens (tertiary/aromatic N) is 1. The Labute approximate surface area is 83.9 Å². The summed E-state index contributed by atoms with van der Waals surface area (Å²) >= 11 is 4.52. The van der Waals surface area contributed by atoms with Crippen molar-refractivity contribution in [3.8, 4) is 0 Å². The molecule has 0 unspecified atom stereocenters. The summed E-state index contributed by atoms with van der Waals surface area (Å²) in [7, 11) is 0. The average molecular weight is 215 g/mol. The first-order valence-corrected chi connectivity index (χ1v) is 3.92.